The highest BCUT2D eigenvalue weighted by Crippen LogP contribution is 2.27. The maximum Gasteiger partial charge on any atom is 0.244 e. The molecule has 1 fully saturated rings. The van der Waals surface area contributed by atoms with Crippen LogP contribution in [0.15, 0.2) is 23.1 Å². The number of carbonyl (C=O) groups is 1. The van der Waals surface area contributed by atoms with E-state index in [0.29, 0.717) is 36.7 Å². The van der Waals surface area contributed by atoms with Gasteiger partial charge in [-0.05, 0) is 43.4 Å². The van der Waals surface area contributed by atoms with Crippen molar-refractivity contribution in [2.24, 2.45) is 5.92 Å². The van der Waals surface area contributed by atoms with Gasteiger partial charge in [0, 0.05) is 30.6 Å². The molecular weight excluding hydrogens is 376 g/mol. The van der Waals surface area contributed by atoms with Crippen LogP contribution in [-0.4, -0.2) is 45.5 Å². The highest BCUT2D eigenvalue weighted by molar-refractivity contribution is 7.89. The SMILES string of the molecule is COc1ccc(Cl)cc1S(=O)(=O)NC1CCC(=O)N(CCC(C)C)CC1. The molecule has 0 bridgehead atoms. The van der Waals surface area contributed by atoms with E-state index < -0.39 is 10.0 Å². The molecule has 1 saturated heterocycles. The van der Waals surface area contributed by atoms with E-state index in [9.17, 15) is 13.2 Å². The summed E-state index contributed by atoms with van der Waals surface area (Å²) in [6, 6.07) is 4.19. The number of halogens is 1. The summed E-state index contributed by atoms with van der Waals surface area (Å²) in [7, 11) is -2.38. The van der Waals surface area contributed by atoms with Gasteiger partial charge in [0.05, 0.1) is 7.11 Å². The second-order valence-electron chi connectivity index (χ2n) is 7.00. The lowest BCUT2D eigenvalue weighted by Gasteiger charge is -2.22. The molecule has 0 radical (unpaired) electrons. The number of hydrogen-bond acceptors (Lipinski definition) is 4. The van der Waals surface area contributed by atoms with Gasteiger partial charge >= 0.3 is 0 Å². The summed E-state index contributed by atoms with van der Waals surface area (Å²) in [6.45, 7) is 5.53. The molecule has 26 heavy (non-hydrogen) atoms. The molecule has 0 aromatic heterocycles. The minimum absolute atomic E-state index is 0.0136. The van der Waals surface area contributed by atoms with Crippen molar-refractivity contribution in [2.75, 3.05) is 20.2 Å². The summed E-state index contributed by atoms with van der Waals surface area (Å²) >= 11 is 5.95. The number of nitrogens with zero attached hydrogens (tertiary/aromatic N) is 1. The lowest BCUT2D eigenvalue weighted by molar-refractivity contribution is -0.130. The molecule has 1 aliphatic rings. The molecule has 1 N–H and O–H groups in total. The fourth-order valence-electron chi connectivity index (χ4n) is 2.95. The number of benzene rings is 1. The molecule has 8 heteroatoms. The number of amides is 1. The zero-order chi connectivity index (χ0) is 19.3. The van der Waals surface area contributed by atoms with E-state index in [2.05, 4.69) is 18.6 Å². The van der Waals surface area contributed by atoms with E-state index >= 15 is 0 Å². The number of carbonyl (C=O) groups excluding carboxylic acids is 1. The molecule has 0 saturated carbocycles. The van der Waals surface area contributed by atoms with E-state index in [0.717, 1.165) is 13.0 Å². The average Bonchev–Trinajstić information content (AvgIpc) is 2.74. The topological polar surface area (TPSA) is 75.7 Å². The molecule has 6 nitrogen and oxygen atoms in total. The van der Waals surface area contributed by atoms with Crippen LogP contribution in [0.2, 0.25) is 5.02 Å². The largest absolute Gasteiger partial charge is 0.495 e. The van der Waals surface area contributed by atoms with E-state index in [1.54, 1.807) is 6.07 Å². The normalized spacial score (nSPS) is 18.9. The third-order valence-corrected chi connectivity index (χ3v) is 6.30. The molecule has 0 aliphatic carbocycles. The van der Waals surface area contributed by atoms with Crippen molar-refractivity contribution in [3.8, 4) is 5.75 Å². The Morgan fingerprint density at radius 2 is 2.08 bits per heavy atom. The van der Waals surface area contributed by atoms with Crippen LogP contribution in [0.4, 0.5) is 0 Å². The third kappa shape index (κ3) is 5.59. The minimum Gasteiger partial charge on any atom is -0.495 e. The molecule has 1 aromatic rings. The van der Waals surface area contributed by atoms with Crippen LogP contribution in [-0.2, 0) is 14.8 Å². The van der Waals surface area contributed by atoms with E-state index in [1.165, 1.54) is 19.2 Å². The lowest BCUT2D eigenvalue weighted by atomic mass is 10.1. The molecule has 1 aromatic carbocycles. The Bertz CT molecular complexity index is 737. The number of sulfonamides is 1. The summed E-state index contributed by atoms with van der Waals surface area (Å²) in [5.74, 6) is 0.855. The van der Waals surface area contributed by atoms with Crippen molar-refractivity contribution in [1.82, 2.24) is 9.62 Å². The van der Waals surface area contributed by atoms with Crippen LogP contribution in [0.5, 0.6) is 5.75 Å². The van der Waals surface area contributed by atoms with Crippen LogP contribution in [0.3, 0.4) is 0 Å². The second-order valence-corrected chi connectivity index (χ2v) is 9.12. The van der Waals surface area contributed by atoms with Gasteiger partial charge in [0.1, 0.15) is 10.6 Å². The Morgan fingerprint density at radius 3 is 2.73 bits per heavy atom. The fraction of sp³-hybridized carbons (Fsp3) is 0.611. The third-order valence-electron chi connectivity index (χ3n) is 4.52. The van der Waals surface area contributed by atoms with Crippen molar-refractivity contribution >= 4 is 27.5 Å². The van der Waals surface area contributed by atoms with E-state index in [4.69, 9.17) is 16.3 Å². The number of methoxy groups -OCH3 is 1. The molecule has 0 spiro atoms. The number of likely N-dealkylation sites (tertiary alicyclic amines) is 1. The molecule has 146 valence electrons. The summed E-state index contributed by atoms with van der Waals surface area (Å²) in [5.41, 5.74) is 0. The number of ether oxygens (including phenoxy) is 1. The number of rotatable bonds is 7. The quantitative estimate of drug-likeness (QED) is 0.760. The van der Waals surface area contributed by atoms with Crippen LogP contribution >= 0.6 is 11.6 Å². The first-order valence-corrected chi connectivity index (χ1v) is 10.7. The Hall–Kier alpha value is -1.31. The smallest absolute Gasteiger partial charge is 0.244 e. The van der Waals surface area contributed by atoms with Crippen LogP contribution < -0.4 is 9.46 Å². The zero-order valence-corrected chi connectivity index (χ0v) is 17.1. The first-order chi connectivity index (χ1) is 12.2. The molecule has 2 rings (SSSR count). The number of nitrogens with one attached hydrogen (secondary N) is 1. The molecule has 1 heterocycles. The van der Waals surface area contributed by atoms with Crippen LogP contribution in [0.1, 0.15) is 39.5 Å². The molecule has 1 aliphatic heterocycles. The Kier molecular flexibility index (Phi) is 7.32. The zero-order valence-electron chi connectivity index (χ0n) is 15.5. The molecule has 1 atom stereocenters. The van der Waals surface area contributed by atoms with Crippen LogP contribution in [0.25, 0.3) is 0 Å². The van der Waals surface area contributed by atoms with E-state index in [-0.39, 0.29) is 22.6 Å². The standard InChI is InChI=1S/C18H27ClN2O4S/c1-13(2)8-10-21-11-9-15(5-7-18(21)22)20-26(23,24)17-12-14(19)4-6-16(17)25-3/h4,6,12-13,15,20H,5,7-11H2,1-3H3. The summed E-state index contributed by atoms with van der Waals surface area (Å²) < 4.78 is 33.4. The first-order valence-electron chi connectivity index (χ1n) is 8.86. The van der Waals surface area contributed by atoms with Gasteiger partial charge in [-0.2, -0.15) is 0 Å². The fourth-order valence-corrected chi connectivity index (χ4v) is 4.69. The molecular formula is C18H27ClN2O4S. The number of hydrogen-bond donors (Lipinski definition) is 1. The van der Waals surface area contributed by atoms with Gasteiger partial charge < -0.3 is 9.64 Å². The maximum absolute atomic E-state index is 12.8. The Labute approximate surface area is 160 Å². The van der Waals surface area contributed by atoms with Crippen molar-refractivity contribution in [2.45, 2.75) is 50.5 Å². The van der Waals surface area contributed by atoms with Crippen molar-refractivity contribution in [1.29, 1.82) is 0 Å². The highest BCUT2D eigenvalue weighted by Gasteiger charge is 2.28. The maximum atomic E-state index is 12.8. The Morgan fingerprint density at radius 1 is 1.35 bits per heavy atom. The van der Waals surface area contributed by atoms with Gasteiger partial charge in [-0.1, -0.05) is 25.4 Å². The average molecular weight is 403 g/mol. The van der Waals surface area contributed by atoms with Gasteiger partial charge in [-0.3, -0.25) is 4.79 Å². The Balaban J connectivity index is 2.08. The monoisotopic (exact) mass is 402 g/mol. The summed E-state index contributed by atoms with van der Waals surface area (Å²) in [5, 5.41) is 0.321. The summed E-state index contributed by atoms with van der Waals surface area (Å²) in [4.78, 5) is 14.1. The molecule has 1 unspecified atom stereocenters. The predicted molar refractivity (Wildman–Crippen MR) is 102 cm³/mol. The van der Waals surface area contributed by atoms with E-state index in [1.807, 2.05) is 4.90 Å². The van der Waals surface area contributed by atoms with Gasteiger partial charge in [0.2, 0.25) is 15.9 Å². The second kappa shape index (κ2) is 9.06. The van der Waals surface area contributed by atoms with Crippen molar-refractivity contribution in [3.05, 3.63) is 23.2 Å². The first kappa shape index (κ1) is 21.0. The molecule has 1 amide bonds. The van der Waals surface area contributed by atoms with Gasteiger partial charge in [-0.25, -0.2) is 13.1 Å². The van der Waals surface area contributed by atoms with Crippen LogP contribution in [0, 0.1) is 5.92 Å². The van der Waals surface area contributed by atoms with Gasteiger partial charge in [0.15, 0.2) is 0 Å². The van der Waals surface area contributed by atoms with Crippen molar-refractivity contribution < 1.29 is 17.9 Å². The minimum atomic E-state index is -3.79. The van der Waals surface area contributed by atoms with Gasteiger partial charge in [-0.15, -0.1) is 0 Å². The summed E-state index contributed by atoms with van der Waals surface area (Å²) in [6.07, 6.45) is 2.37. The predicted octanol–water partition coefficient (Wildman–Crippen LogP) is 3.05. The van der Waals surface area contributed by atoms with Crippen molar-refractivity contribution in [3.63, 3.8) is 0 Å². The lowest BCUT2D eigenvalue weighted by Crippen LogP contribution is -2.36. The highest BCUT2D eigenvalue weighted by atomic mass is 35.5. The van der Waals surface area contributed by atoms with Gasteiger partial charge in [0.25, 0.3) is 0 Å².